The lowest BCUT2D eigenvalue weighted by Gasteiger charge is -2.50. The van der Waals surface area contributed by atoms with E-state index in [0.29, 0.717) is 0 Å². The molecule has 0 unspecified atom stereocenters. The second kappa shape index (κ2) is 9.11. The van der Waals surface area contributed by atoms with E-state index in [4.69, 9.17) is 0 Å². The van der Waals surface area contributed by atoms with Gasteiger partial charge in [0, 0.05) is 45.1 Å². The molecule has 0 spiro atoms. The van der Waals surface area contributed by atoms with E-state index in [1.165, 1.54) is 64.0 Å². The van der Waals surface area contributed by atoms with E-state index in [9.17, 15) is 0 Å². The number of nitrogens with zero attached hydrogens (tertiary/aromatic N) is 5. The summed E-state index contributed by atoms with van der Waals surface area (Å²) in [7, 11) is 8.37. The zero-order valence-corrected chi connectivity index (χ0v) is 17.7. The average molecular weight is 375 g/mol. The smallest absolute Gasteiger partial charge is 0.193 e. The number of nitrogens with one attached hydrogen (secondary N) is 1. The van der Waals surface area contributed by atoms with Gasteiger partial charge in [-0.15, -0.1) is 0 Å². The van der Waals surface area contributed by atoms with Gasteiger partial charge in [-0.1, -0.05) is 6.42 Å². The predicted molar refractivity (Wildman–Crippen MR) is 113 cm³/mol. The number of likely N-dealkylation sites (tertiary alicyclic amines) is 2. The van der Waals surface area contributed by atoms with Crippen LogP contribution in [-0.4, -0.2) is 84.6 Å². The zero-order valence-electron chi connectivity index (χ0n) is 17.7. The van der Waals surface area contributed by atoms with E-state index in [1.807, 2.05) is 7.05 Å². The van der Waals surface area contributed by atoms with Gasteiger partial charge in [0.25, 0.3) is 0 Å². The summed E-state index contributed by atoms with van der Waals surface area (Å²) in [4.78, 5) is 12.0. The van der Waals surface area contributed by atoms with Crippen LogP contribution in [0.4, 0.5) is 0 Å². The Hall–Kier alpha value is -1.53. The van der Waals surface area contributed by atoms with Crippen LogP contribution in [0.2, 0.25) is 0 Å². The number of aromatic nitrogens is 1. The first-order valence-corrected chi connectivity index (χ1v) is 10.5. The second-order valence-electron chi connectivity index (χ2n) is 8.44. The van der Waals surface area contributed by atoms with Crippen LogP contribution in [0.3, 0.4) is 0 Å². The highest BCUT2D eigenvalue weighted by atomic mass is 15.3. The Labute approximate surface area is 165 Å². The van der Waals surface area contributed by atoms with Crippen LogP contribution in [0.25, 0.3) is 0 Å². The Bertz CT molecular complexity index is 608. The molecule has 3 heterocycles. The minimum absolute atomic E-state index is 0.273. The molecule has 2 aliphatic rings. The van der Waals surface area contributed by atoms with Gasteiger partial charge in [0.1, 0.15) is 0 Å². The summed E-state index contributed by atoms with van der Waals surface area (Å²) in [6, 6.07) is 4.28. The molecule has 1 aromatic rings. The summed E-state index contributed by atoms with van der Waals surface area (Å²) in [5.74, 6) is 0.992. The lowest BCUT2D eigenvalue weighted by molar-refractivity contribution is 0.0170. The van der Waals surface area contributed by atoms with Crippen molar-refractivity contribution in [2.24, 2.45) is 12.0 Å². The normalized spacial score (nSPS) is 22.0. The van der Waals surface area contributed by atoms with Gasteiger partial charge in [-0.3, -0.25) is 9.89 Å². The quantitative estimate of drug-likeness (QED) is 0.632. The molecule has 152 valence electrons. The minimum Gasteiger partial charge on any atom is -0.354 e. The predicted octanol–water partition coefficient (Wildman–Crippen LogP) is 1.98. The van der Waals surface area contributed by atoms with E-state index >= 15 is 0 Å². The lowest BCUT2D eigenvalue weighted by atomic mass is 9.84. The third-order valence-corrected chi connectivity index (χ3v) is 6.54. The van der Waals surface area contributed by atoms with Crippen LogP contribution in [0.15, 0.2) is 23.3 Å². The van der Waals surface area contributed by atoms with E-state index in [-0.39, 0.29) is 5.54 Å². The number of rotatable bonds is 5. The molecule has 0 aromatic carbocycles. The maximum atomic E-state index is 4.57. The van der Waals surface area contributed by atoms with Crippen molar-refractivity contribution < 1.29 is 0 Å². The molecule has 0 aliphatic carbocycles. The van der Waals surface area contributed by atoms with Crippen molar-refractivity contribution in [2.45, 2.75) is 44.2 Å². The molecule has 2 fully saturated rings. The fourth-order valence-corrected chi connectivity index (χ4v) is 4.61. The number of guanidine groups is 1. The number of hydrogen-bond donors (Lipinski definition) is 1. The first-order valence-electron chi connectivity index (χ1n) is 10.5. The molecule has 1 aromatic heterocycles. The fraction of sp³-hybridized carbons (Fsp3) is 0.762. The van der Waals surface area contributed by atoms with E-state index < -0.39 is 0 Å². The highest BCUT2D eigenvalue weighted by molar-refractivity contribution is 5.79. The monoisotopic (exact) mass is 374 g/mol. The molecule has 1 N–H and O–H groups in total. The van der Waals surface area contributed by atoms with E-state index in [2.05, 4.69) is 69.0 Å². The van der Waals surface area contributed by atoms with Crippen LogP contribution < -0.4 is 5.32 Å². The number of aliphatic imine (C=N–C) groups is 1. The molecule has 6 nitrogen and oxygen atoms in total. The zero-order chi connectivity index (χ0) is 19.3. The summed E-state index contributed by atoms with van der Waals surface area (Å²) in [5.41, 5.74) is 1.57. The second-order valence-corrected chi connectivity index (χ2v) is 8.44. The molecule has 27 heavy (non-hydrogen) atoms. The summed E-state index contributed by atoms with van der Waals surface area (Å²) < 4.78 is 2.18. The molecular weight excluding hydrogens is 336 g/mol. The number of aryl methyl sites for hydroxylation is 1. The van der Waals surface area contributed by atoms with E-state index in [1.54, 1.807) is 0 Å². The molecule has 2 saturated heterocycles. The molecule has 0 atom stereocenters. The molecule has 0 radical (unpaired) electrons. The average Bonchev–Trinajstić information content (AvgIpc) is 3.09. The fourth-order valence-electron chi connectivity index (χ4n) is 4.61. The van der Waals surface area contributed by atoms with Gasteiger partial charge < -0.3 is 19.7 Å². The SMILES string of the molecule is CN=C(NCC1(N2CCCCC2)CCN(C)CC1)N(C)Cc1cccn1C. The van der Waals surface area contributed by atoms with E-state index in [0.717, 1.165) is 19.0 Å². The largest absolute Gasteiger partial charge is 0.354 e. The number of piperidine rings is 2. The third kappa shape index (κ3) is 4.85. The molecule has 2 aliphatic heterocycles. The molecule has 6 heteroatoms. The van der Waals surface area contributed by atoms with Crippen molar-refractivity contribution in [1.82, 2.24) is 24.6 Å². The van der Waals surface area contributed by atoms with Crippen LogP contribution in [0, 0.1) is 0 Å². The van der Waals surface area contributed by atoms with Gasteiger partial charge in [-0.25, -0.2) is 0 Å². The first kappa shape index (κ1) is 20.2. The van der Waals surface area contributed by atoms with Gasteiger partial charge in [0.2, 0.25) is 0 Å². The highest BCUT2D eigenvalue weighted by Gasteiger charge is 2.39. The Kier molecular flexibility index (Phi) is 6.82. The summed E-state index contributed by atoms with van der Waals surface area (Å²) >= 11 is 0. The van der Waals surface area contributed by atoms with Gasteiger partial charge >= 0.3 is 0 Å². The van der Waals surface area contributed by atoms with Crippen molar-refractivity contribution in [1.29, 1.82) is 0 Å². The first-order chi connectivity index (χ1) is 13.0. The van der Waals surface area contributed by atoms with Crippen molar-refractivity contribution in [3.63, 3.8) is 0 Å². The lowest BCUT2D eigenvalue weighted by Crippen LogP contribution is -2.62. The van der Waals surface area contributed by atoms with Crippen molar-refractivity contribution in [3.8, 4) is 0 Å². The Morgan fingerprint density at radius 3 is 2.44 bits per heavy atom. The van der Waals surface area contributed by atoms with Gasteiger partial charge in [-0.05, 0) is 71.0 Å². The Morgan fingerprint density at radius 1 is 1.15 bits per heavy atom. The topological polar surface area (TPSA) is 39.0 Å². The Morgan fingerprint density at radius 2 is 1.85 bits per heavy atom. The molecule has 0 amide bonds. The third-order valence-electron chi connectivity index (χ3n) is 6.54. The number of hydrogen-bond acceptors (Lipinski definition) is 3. The summed E-state index contributed by atoms with van der Waals surface area (Å²) in [6.07, 6.45) is 8.67. The van der Waals surface area contributed by atoms with Crippen molar-refractivity contribution >= 4 is 5.96 Å². The maximum absolute atomic E-state index is 4.57. The van der Waals surface area contributed by atoms with Gasteiger partial charge in [-0.2, -0.15) is 0 Å². The van der Waals surface area contributed by atoms with Crippen LogP contribution in [-0.2, 0) is 13.6 Å². The molecule has 0 saturated carbocycles. The molecule has 0 bridgehead atoms. The molecule has 3 rings (SSSR count). The van der Waals surface area contributed by atoms with Crippen molar-refractivity contribution in [3.05, 3.63) is 24.0 Å². The maximum Gasteiger partial charge on any atom is 0.193 e. The van der Waals surface area contributed by atoms with Crippen molar-refractivity contribution in [2.75, 3.05) is 53.9 Å². The standard InChI is InChI=1S/C21H38N6/c1-22-20(26(4)17-19-9-8-12-25(19)3)23-18-21(10-15-24(2)16-11-21)27-13-6-5-7-14-27/h8-9,12H,5-7,10-11,13-18H2,1-4H3,(H,22,23). The summed E-state index contributed by atoms with van der Waals surface area (Å²) in [5, 5.41) is 3.73. The highest BCUT2D eigenvalue weighted by Crippen LogP contribution is 2.30. The van der Waals surface area contributed by atoms with Crippen LogP contribution in [0.5, 0.6) is 0 Å². The molecular formula is C21H38N6. The summed E-state index contributed by atoms with van der Waals surface area (Å²) in [6.45, 7) is 6.74. The van der Waals surface area contributed by atoms with Crippen LogP contribution in [0.1, 0.15) is 37.8 Å². The minimum atomic E-state index is 0.273. The van der Waals surface area contributed by atoms with Gasteiger partial charge in [0.15, 0.2) is 5.96 Å². The van der Waals surface area contributed by atoms with Crippen LogP contribution >= 0.6 is 0 Å². The Balaban J connectivity index is 1.65. The van der Waals surface area contributed by atoms with Gasteiger partial charge in [0.05, 0.1) is 6.54 Å².